The van der Waals surface area contributed by atoms with Crippen molar-refractivity contribution in [3.63, 3.8) is 0 Å². The van der Waals surface area contributed by atoms with E-state index < -0.39 is 17.9 Å². The van der Waals surface area contributed by atoms with Crippen molar-refractivity contribution in [1.82, 2.24) is 10.9 Å². The Morgan fingerprint density at radius 1 is 1.19 bits per heavy atom. The van der Waals surface area contributed by atoms with Crippen molar-refractivity contribution in [2.24, 2.45) is 11.8 Å². The number of ether oxygens (including phenoxy) is 1. The number of esters is 1. The molecular formula is C15H18N2O4. The number of carbonyl (C=O) groups is 3. The minimum atomic E-state index is -0.943. The Morgan fingerprint density at radius 3 is 2.38 bits per heavy atom. The fourth-order valence-corrected chi connectivity index (χ4v) is 1.85. The molecule has 112 valence electrons. The monoisotopic (exact) mass is 290 g/mol. The highest BCUT2D eigenvalue weighted by atomic mass is 16.5. The molecule has 0 saturated heterocycles. The highest BCUT2D eigenvalue weighted by molar-refractivity contribution is 5.95. The number of carbonyl (C=O) groups excluding carboxylic acids is 3. The topological polar surface area (TPSA) is 84.5 Å². The van der Waals surface area contributed by atoms with Gasteiger partial charge in [-0.1, -0.05) is 25.1 Å². The van der Waals surface area contributed by atoms with Gasteiger partial charge in [0.25, 0.3) is 11.8 Å². The van der Waals surface area contributed by atoms with Crippen molar-refractivity contribution in [2.45, 2.75) is 26.4 Å². The van der Waals surface area contributed by atoms with Crippen LogP contribution in [0.25, 0.3) is 0 Å². The number of nitrogens with one attached hydrogen (secondary N) is 2. The van der Waals surface area contributed by atoms with E-state index in [0.29, 0.717) is 11.5 Å². The van der Waals surface area contributed by atoms with Crippen molar-refractivity contribution < 1.29 is 19.1 Å². The molecule has 2 rings (SSSR count). The van der Waals surface area contributed by atoms with Crippen LogP contribution in [-0.2, 0) is 14.3 Å². The van der Waals surface area contributed by atoms with Crippen LogP contribution in [0.15, 0.2) is 30.3 Å². The summed E-state index contributed by atoms with van der Waals surface area (Å²) in [5.74, 6) is -1.14. The first-order valence-corrected chi connectivity index (χ1v) is 6.84. The molecule has 1 aliphatic carbocycles. The Labute approximate surface area is 122 Å². The van der Waals surface area contributed by atoms with Crippen molar-refractivity contribution in [3.05, 3.63) is 35.9 Å². The van der Waals surface area contributed by atoms with Gasteiger partial charge in [0.15, 0.2) is 6.10 Å². The average Bonchev–Trinajstić information content (AvgIpc) is 3.22. The minimum absolute atomic E-state index is 0.0980. The lowest BCUT2D eigenvalue weighted by molar-refractivity contribution is -0.156. The normalized spacial score (nSPS) is 21.0. The van der Waals surface area contributed by atoms with Crippen LogP contribution in [0, 0.1) is 11.8 Å². The maximum Gasteiger partial charge on any atom is 0.309 e. The van der Waals surface area contributed by atoms with Crippen LogP contribution < -0.4 is 10.9 Å². The van der Waals surface area contributed by atoms with Gasteiger partial charge in [-0.3, -0.25) is 25.2 Å². The van der Waals surface area contributed by atoms with Crippen molar-refractivity contribution in [1.29, 1.82) is 0 Å². The minimum Gasteiger partial charge on any atom is -0.452 e. The molecule has 1 aliphatic rings. The zero-order valence-electron chi connectivity index (χ0n) is 12.0. The third-order valence-electron chi connectivity index (χ3n) is 3.41. The summed E-state index contributed by atoms with van der Waals surface area (Å²) in [7, 11) is 0. The first kappa shape index (κ1) is 15.0. The van der Waals surface area contributed by atoms with Crippen LogP contribution >= 0.6 is 0 Å². The Hall–Kier alpha value is -2.37. The number of amides is 2. The van der Waals surface area contributed by atoms with Crippen LogP contribution in [0.3, 0.4) is 0 Å². The van der Waals surface area contributed by atoms with Gasteiger partial charge in [0.1, 0.15) is 0 Å². The quantitative estimate of drug-likeness (QED) is 0.641. The van der Waals surface area contributed by atoms with E-state index in [1.165, 1.54) is 6.92 Å². The fraction of sp³-hybridized carbons (Fsp3) is 0.400. The van der Waals surface area contributed by atoms with E-state index in [4.69, 9.17) is 4.74 Å². The van der Waals surface area contributed by atoms with Gasteiger partial charge in [-0.2, -0.15) is 0 Å². The second kappa shape index (κ2) is 6.39. The van der Waals surface area contributed by atoms with E-state index in [2.05, 4.69) is 10.9 Å². The van der Waals surface area contributed by atoms with E-state index in [1.54, 1.807) is 30.3 Å². The standard InChI is InChI=1S/C15H18N2O4/c1-9-8-12(9)15(20)21-10(2)13(18)16-17-14(19)11-6-4-3-5-7-11/h3-7,9-10,12H,8H2,1-2H3,(H,16,18)(H,17,19)/t9-,10+,12-/m1/s1. The molecule has 0 aromatic heterocycles. The Morgan fingerprint density at radius 2 is 1.81 bits per heavy atom. The van der Waals surface area contributed by atoms with Gasteiger partial charge in [-0.25, -0.2) is 0 Å². The second-order valence-electron chi connectivity index (χ2n) is 5.21. The highest BCUT2D eigenvalue weighted by Gasteiger charge is 2.41. The van der Waals surface area contributed by atoms with Gasteiger partial charge in [-0.05, 0) is 31.4 Å². The van der Waals surface area contributed by atoms with E-state index in [9.17, 15) is 14.4 Å². The summed E-state index contributed by atoms with van der Waals surface area (Å²) in [6.07, 6.45) is -0.140. The van der Waals surface area contributed by atoms with Gasteiger partial charge in [0, 0.05) is 5.56 Å². The lowest BCUT2D eigenvalue weighted by Crippen LogP contribution is -2.46. The maximum atomic E-state index is 11.7. The molecule has 2 amide bonds. The van der Waals surface area contributed by atoms with Crippen molar-refractivity contribution in [3.8, 4) is 0 Å². The lowest BCUT2D eigenvalue weighted by atomic mass is 10.2. The smallest absolute Gasteiger partial charge is 0.309 e. The molecule has 2 N–H and O–H groups in total. The zero-order valence-corrected chi connectivity index (χ0v) is 12.0. The molecule has 6 heteroatoms. The van der Waals surface area contributed by atoms with Crippen LogP contribution in [0.5, 0.6) is 0 Å². The summed E-state index contributed by atoms with van der Waals surface area (Å²) < 4.78 is 5.04. The summed E-state index contributed by atoms with van der Waals surface area (Å²) in [4.78, 5) is 35.1. The average molecular weight is 290 g/mol. The molecule has 0 bridgehead atoms. The molecule has 1 aromatic carbocycles. The Kier molecular flexibility index (Phi) is 4.57. The molecule has 6 nitrogen and oxygen atoms in total. The third-order valence-corrected chi connectivity index (χ3v) is 3.41. The number of benzene rings is 1. The van der Waals surface area contributed by atoms with Crippen molar-refractivity contribution >= 4 is 17.8 Å². The van der Waals surface area contributed by atoms with Gasteiger partial charge in [0.2, 0.25) is 0 Å². The number of hydrogen-bond acceptors (Lipinski definition) is 4. The molecule has 1 aromatic rings. The summed E-state index contributed by atoms with van der Waals surface area (Å²) in [5.41, 5.74) is 4.94. The molecule has 0 unspecified atom stereocenters. The highest BCUT2D eigenvalue weighted by Crippen LogP contribution is 2.38. The van der Waals surface area contributed by atoms with Gasteiger partial charge < -0.3 is 4.74 Å². The molecule has 0 heterocycles. The lowest BCUT2D eigenvalue weighted by Gasteiger charge is -2.14. The molecular weight excluding hydrogens is 272 g/mol. The Bertz CT molecular complexity index is 544. The van der Waals surface area contributed by atoms with Gasteiger partial charge in [0.05, 0.1) is 5.92 Å². The largest absolute Gasteiger partial charge is 0.452 e. The third kappa shape index (κ3) is 4.05. The molecule has 0 radical (unpaired) electrons. The summed E-state index contributed by atoms with van der Waals surface area (Å²) in [6, 6.07) is 8.48. The van der Waals surface area contributed by atoms with Gasteiger partial charge in [-0.15, -0.1) is 0 Å². The predicted octanol–water partition coefficient (Wildman–Crippen LogP) is 1.04. The first-order chi connectivity index (χ1) is 9.99. The first-order valence-electron chi connectivity index (χ1n) is 6.84. The van der Waals surface area contributed by atoms with Crippen molar-refractivity contribution in [2.75, 3.05) is 0 Å². The van der Waals surface area contributed by atoms with E-state index in [1.807, 2.05) is 6.92 Å². The SMILES string of the molecule is C[C@H](OC(=O)[C@@H]1C[C@H]1C)C(=O)NNC(=O)c1ccccc1. The number of hydrogen-bond donors (Lipinski definition) is 2. The molecule has 1 fully saturated rings. The summed E-state index contributed by atoms with van der Waals surface area (Å²) in [5, 5.41) is 0. The van der Waals surface area contributed by atoms with E-state index >= 15 is 0 Å². The van der Waals surface area contributed by atoms with Crippen LogP contribution in [0.2, 0.25) is 0 Å². The molecule has 0 aliphatic heterocycles. The van der Waals surface area contributed by atoms with Gasteiger partial charge >= 0.3 is 5.97 Å². The summed E-state index contributed by atoms with van der Waals surface area (Å²) in [6.45, 7) is 3.42. The van der Waals surface area contributed by atoms with E-state index in [-0.39, 0.29) is 11.9 Å². The Balaban J connectivity index is 1.76. The molecule has 21 heavy (non-hydrogen) atoms. The van der Waals surface area contributed by atoms with E-state index in [0.717, 1.165) is 6.42 Å². The fourth-order valence-electron chi connectivity index (χ4n) is 1.85. The maximum absolute atomic E-state index is 11.7. The van der Waals surface area contributed by atoms with Crippen LogP contribution in [-0.4, -0.2) is 23.9 Å². The molecule has 3 atom stereocenters. The molecule has 1 saturated carbocycles. The predicted molar refractivity (Wildman–Crippen MR) is 74.9 cm³/mol. The summed E-state index contributed by atoms with van der Waals surface area (Å²) >= 11 is 0. The number of hydrazine groups is 1. The van der Waals surface area contributed by atoms with Crippen LogP contribution in [0.1, 0.15) is 30.6 Å². The second-order valence-corrected chi connectivity index (χ2v) is 5.21. The molecule has 0 spiro atoms. The number of rotatable bonds is 4. The zero-order chi connectivity index (χ0) is 15.4. The van der Waals surface area contributed by atoms with Crippen LogP contribution in [0.4, 0.5) is 0 Å².